The van der Waals surface area contributed by atoms with Crippen molar-refractivity contribution in [1.82, 2.24) is 5.32 Å². The van der Waals surface area contributed by atoms with Crippen molar-refractivity contribution in [3.05, 3.63) is 59.2 Å². The van der Waals surface area contributed by atoms with Gasteiger partial charge in [0.15, 0.2) is 0 Å². The summed E-state index contributed by atoms with van der Waals surface area (Å²) in [5, 5.41) is 3.25. The molecule has 0 aliphatic carbocycles. The van der Waals surface area contributed by atoms with Crippen LogP contribution >= 0.6 is 0 Å². The Balaban J connectivity index is 1.94. The van der Waals surface area contributed by atoms with Crippen LogP contribution in [-0.2, 0) is 19.3 Å². The summed E-state index contributed by atoms with van der Waals surface area (Å²) in [7, 11) is 0. The highest BCUT2D eigenvalue weighted by Gasteiger charge is 2.29. The van der Waals surface area contributed by atoms with E-state index in [9.17, 15) is 13.2 Å². The van der Waals surface area contributed by atoms with E-state index in [0.717, 1.165) is 36.3 Å². The maximum Gasteiger partial charge on any atom is 0.416 e. The summed E-state index contributed by atoms with van der Waals surface area (Å²) >= 11 is 0. The number of nitrogens with one attached hydrogen (secondary N) is 1. The van der Waals surface area contributed by atoms with Crippen LogP contribution in [0.25, 0.3) is 11.1 Å². The molecule has 3 rings (SSSR count). The van der Waals surface area contributed by atoms with E-state index in [1.807, 2.05) is 18.2 Å². The fourth-order valence-electron chi connectivity index (χ4n) is 2.33. The second-order valence-corrected chi connectivity index (χ2v) is 4.66. The lowest BCUT2D eigenvalue weighted by molar-refractivity contribution is -0.137. The van der Waals surface area contributed by atoms with Gasteiger partial charge in [0, 0.05) is 13.1 Å². The summed E-state index contributed by atoms with van der Waals surface area (Å²) in [6.07, 6.45) is -4.28. The predicted octanol–water partition coefficient (Wildman–Crippen LogP) is 3.98. The first-order valence-corrected chi connectivity index (χ1v) is 6.04. The Labute approximate surface area is 109 Å². The Morgan fingerprint density at radius 1 is 0.789 bits per heavy atom. The van der Waals surface area contributed by atoms with E-state index in [1.54, 1.807) is 0 Å². The Morgan fingerprint density at radius 2 is 1.42 bits per heavy atom. The molecule has 1 N–H and O–H groups in total. The van der Waals surface area contributed by atoms with Crippen LogP contribution in [-0.4, -0.2) is 0 Å². The lowest BCUT2D eigenvalue weighted by Crippen LogP contribution is -2.04. The lowest BCUT2D eigenvalue weighted by Gasteiger charge is -2.08. The Morgan fingerprint density at radius 3 is 2.11 bits per heavy atom. The van der Waals surface area contributed by atoms with Gasteiger partial charge in [0.1, 0.15) is 0 Å². The van der Waals surface area contributed by atoms with E-state index in [-0.39, 0.29) is 0 Å². The molecule has 1 aliphatic rings. The zero-order valence-electron chi connectivity index (χ0n) is 10.1. The number of fused-ring (bicyclic) bond motifs is 1. The van der Waals surface area contributed by atoms with Gasteiger partial charge in [0.25, 0.3) is 0 Å². The van der Waals surface area contributed by atoms with Gasteiger partial charge < -0.3 is 5.32 Å². The standard InChI is InChI=1S/C15H12F3N/c16-15(17,18)14-5-3-10(4-6-14)11-1-2-12-8-19-9-13(12)7-11/h1-7,19H,8-9H2. The minimum Gasteiger partial charge on any atom is -0.309 e. The Kier molecular flexibility index (Phi) is 2.82. The summed E-state index contributed by atoms with van der Waals surface area (Å²) in [6.45, 7) is 1.69. The zero-order valence-corrected chi connectivity index (χ0v) is 10.1. The van der Waals surface area contributed by atoms with Gasteiger partial charge in [0.2, 0.25) is 0 Å². The van der Waals surface area contributed by atoms with Gasteiger partial charge in [-0.3, -0.25) is 0 Å². The van der Waals surface area contributed by atoms with Gasteiger partial charge in [-0.15, -0.1) is 0 Å². The first-order valence-electron chi connectivity index (χ1n) is 6.04. The minimum absolute atomic E-state index is 0.612. The molecule has 2 aromatic rings. The lowest BCUT2D eigenvalue weighted by atomic mass is 9.99. The topological polar surface area (TPSA) is 12.0 Å². The van der Waals surface area contributed by atoms with Crippen molar-refractivity contribution in [2.45, 2.75) is 19.3 Å². The average Bonchev–Trinajstić information content (AvgIpc) is 2.85. The Bertz CT molecular complexity index is 600. The van der Waals surface area contributed by atoms with Crippen molar-refractivity contribution in [2.75, 3.05) is 0 Å². The molecule has 0 amide bonds. The van der Waals surface area contributed by atoms with Crippen molar-refractivity contribution >= 4 is 0 Å². The highest BCUT2D eigenvalue weighted by Crippen LogP contribution is 2.31. The van der Waals surface area contributed by atoms with Crippen molar-refractivity contribution in [3.63, 3.8) is 0 Å². The molecule has 98 valence electrons. The molecule has 0 atom stereocenters. The fraction of sp³-hybridized carbons (Fsp3) is 0.200. The van der Waals surface area contributed by atoms with Crippen LogP contribution in [0.15, 0.2) is 42.5 Å². The first-order chi connectivity index (χ1) is 9.04. The molecular formula is C15H12F3N. The van der Waals surface area contributed by atoms with Crippen molar-refractivity contribution < 1.29 is 13.2 Å². The number of alkyl halides is 3. The second kappa shape index (κ2) is 4.38. The number of hydrogen-bond donors (Lipinski definition) is 1. The minimum atomic E-state index is -4.28. The molecule has 4 heteroatoms. The normalized spacial score (nSPS) is 14.5. The fourth-order valence-corrected chi connectivity index (χ4v) is 2.33. The number of halogens is 3. The second-order valence-electron chi connectivity index (χ2n) is 4.66. The van der Waals surface area contributed by atoms with Crippen molar-refractivity contribution in [1.29, 1.82) is 0 Å². The Hall–Kier alpha value is -1.81. The third-order valence-electron chi connectivity index (χ3n) is 3.38. The predicted molar refractivity (Wildman–Crippen MR) is 67.4 cm³/mol. The maximum absolute atomic E-state index is 12.5. The molecule has 0 fully saturated rings. The molecule has 0 saturated heterocycles. The smallest absolute Gasteiger partial charge is 0.309 e. The van der Waals surface area contributed by atoms with E-state index in [2.05, 4.69) is 5.32 Å². The number of rotatable bonds is 1. The van der Waals surface area contributed by atoms with Gasteiger partial charge >= 0.3 is 6.18 Å². The summed E-state index contributed by atoms with van der Waals surface area (Å²) in [5.41, 5.74) is 3.63. The van der Waals surface area contributed by atoms with Crippen LogP contribution in [0, 0.1) is 0 Å². The molecule has 19 heavy (non-hydrogen) atoms. The summed E-state index contributed by atoms with van der Waals surface area (Å²) in [5.74, 6) is 0. The van der Waals surface area contributed by atoms with Crippen LogP contribution in [0.2, 0.25) is 0 Å². The van der Waals surface area contributed by atoms with Gasteiger partial charge in [0.05, 0.1) is 5.56 Å². The summed E-state index contributed by atoms with van der Waals surface area (Å²) < 4.78 is 37.5. The summed E-state index contributed by atoms with van der Waals surface area (Å²) in [6, 6.07) is 11.3. The van der Waals surface area contributed by atoms with Crippen LogP contribution < -0.4 is 5.32 Å². The van der Waals surface area contributed by atoms with Crippen molar-refractivity contribution in [3.8, 4) is 11.1 Å². The molecule has 2 aromatic carbocycles. The highest BCUT2D eigenvalue weighted by molar-refractivity contribution is 5.65. The van der Waals surface area contributed by atoms with Crippen LogP contribution in [0.4, 0.5) is 13.2 Å². The number of benzene rings is 2. The van der Waals surface area contributed by atoms with Crippen LogP contribution in [0.5, 0.6) is 0 Å². The summed E-state index contributed by atoms with van der Waals surface area (Å²) in [4.78, 5) is 0. The zero-order chi connectivity index (χ0) is 13.5. The molecule has 0 radical (unpaired) electrons. The molecule has 1 nitrogen and oxygen atoms in total. The van der Waals surface area contributed by atoms with E-state index >= 15 is 0 Å². The van der Waals surface area contributed by atoms with Crippen molar-refractivity contribution in [2.24, 2.45) is 0 Å². The van der Waals surface area contributed by atoms with E-state index in [0.29, 0.717) is 0 Å². The molecule has 0 aromatic heterocycles. The van der Waals surface area contributed by atoms with E-state index in [4.69, 9.17) is 0 Å². The largest absolute Gasteiger partial charge is 0.416 e. The maximum atomic E-state index is 12.5. The third kappa shape index (κ3) is 2.36. The van der Waals surface area contributed by atoms with Gasteiger partial charge in [-0.1, -0.05) is 24.3 Å². The third-order valence-corrected chi connectivity index (χ3v) is 3.38. The molecule has 0 saturated carbocycles. The number of hydrogen-bond acceptors (Lipinski definition) is 1. The first kappa shape index (κ1) is 12.2. The molecule has 0 unspecified atom stereocenters. The van der Waals surface area contributed by atoms with Crippen LogP contribution in [0.1, 0.15) is 16.7 Å². The van der Waals surface area contributed by atoms with E-state index < -0.39 is 11.7 Å². The van der Waals surface area contributed by atoms with Gasteiger partial charge in [-0.25, -0.2) is 0 Å². The highest BCUT2D eigenvalue weighted by atomic mass is 19.4. The van der Waals surface area contributed by atoms with Crippen LogP contribution in [0.3, 0.4) is 0 Å². The molecular weight excluding hydrogens is 251 g/mol. The molecule has 0 bridgehead atoms. The average molecular weight is 263 g/mol. The quantitative estimate of drug-likeness (QED) is 0.820. The van der Waals surface area contributed by atoms with Gasteiger partial charge in [-0.05, 0) is 40.5 Å². The monoisotopic (exact) mass is 263 g/mol. The molecule has 1 heterocycles. The molecule has 0 spiro atoms. The molecule has 1 aliphatic heterocycles. The van der Waals surface area contributed by atoms with Gasteiger partial charge in [-0.2, -0.15) is 13.2 Å². The van der Waals surface area contributed by atoms with E-state index in [1.165, 1.54) is 23.3 Å². The SMILES string of the molecule is FC(F)(F)c1ccc(-c2ccc3c(c2)CNC3)cc1.